The molecule has 60 valence electrons. The first-order chi connectivity index (χ1) is 4.55. The average molecular weight is 142 g/mol. The van der Waals surface area contributed by atoms with Gasteiger partial charge in [0.15, 0.2) is 0 Å². The van der Waals surface area contributed by atoms with Crippen molar-refractivity contribution >= 4 is 0 Å². The summed E-state index contributed by atoms with van der Waals surface area (Å²) in [6.07, 6.45) is 3.41. The highest BCUT2D eigenvalue weighted by molar-refractivity contribution is 4.86. The van der Waals surface area contributed by atoms with Crippen LogP contribution in [-0.4, -0.2) is 11.2 Å². The lowest BCUT2D eigenvalue weighted by Crippen LogP contribution is -2.38. The summed E-state index contributed by atoms with van der Waals surface area (Å²) in [4.78, 5) is 0. The molecule has 10 heavy (non-hydrogen) atoms. The van der Waals surface area contributed by atoms with E-state index in [1.54, 1.807) is 0 Å². The molecule has 1 aliphatic carbocycles. The molecule has 0 saturated heterocycles. The van der Waals surface area contributed by atoms with Crippen molar-refractivity contribution < 1.29 is 5.11 Å². The van der Waals surface area contributed by atoms with Gasteiger partial charge in [0.2, 0.25) is 0 Å². The van der Waals surface area contributed by atoms with Gasteiger partial charge in [0, 0.05) is 0 Å². The Morgan fingerprint density at radius 3 is 2.30 bits per heavy atom. The minimum atomic E-state index is -0.0729. The summed E-state index contributed by atoms with van der Waals surface area (Å²) in [6.45, 7) is 6.57. The molecular formula is C9H18O. The molecule has 1 rings (SSSR count). The highest BCUT2D eigenvalue weighted by Crippen LogP contribution is 2.40. The fourth-order valence-corrected chi connectivity index (χ4v) is 1.69. The zero-order valence-corrected chi connectivity index (χ0v) is 7.22. The Balaban J connectivity index is 2.63. The van der Waals surface area contributed by atoms with E-state index in [0.29, 0.717) is 5.92 Å². The molecule has 1 fully saturated rings. The van der Waals surface area contributed by atoms with Gasteiger partial charge >= 0.3 is 0 Å². The predicted octanol–water partition coefficient (Wildman–Crippen LogP) is 2.19. The van der Waals surface area contributed by atoms with Crippen LogP contribution in [0.5, 0.6) is 0 Å². The zero-order chi connectivity index (χ0) is 7.78. The maximum atomic E-state index is 9.61. The molecule has 0 amide bonds. The fraction of sp³-hybridized carbons (Fsp3) is 1.00. The summed E-state index contributed by atoms with van der Waals surface area (Å²) in [6, 6.07) is 0. The Kier molecular flexibility index (Phi) is 2.04. The van der Waals surface area contributed by atoms with Crippen LogP contribution >= 0.6 is 0 Å². The van der Waals surface area contributed by atoms with Gasteiger partial charge in [0.05, 0.1) is 6.10 Å². The molecule has 0 spiro atoms. The summed E-state index contributed by atoms with van der Waals surface area (Å²) in [5.41, 5.74) is 0.151. The number of aliphatic hydroxyl groups is 1. The summed E-state index contributed by atoms with van der Waals surface area (Å²) in [5, 5.41) is 9.61. The van der Waals surface area contributed by atoms with Gasteiger partial charge in [-0.15, -0.1) is 0 Å². The third kappa shape index (κ3) is 1.20. The van der Waals surface area contributed by atoms with Crippen molar-refractivity contribution in [2.75, 3.05) is 0 Å². The zero-order valence-electron chi connectivity index (χ0n) is 7.22. The molecule has 0 aromatic carbocycles. The first-order valence-corrected chi connectivity index (χ1v) is 4.23. The lowest BCUT2D eigenvalue weighted by Gasteiger charge is -2.40. The lowest BCUT2D eigenvalue weighted by atomic mass is 9.68. The van der Waals surface area contributed by atoms with Crippen molar-refractivity contribution in [3.05, 3.63) is 0 Å². The van der Waals surface area contributed by atoms with Crippen molar-refractivity contribution in [1.82, 2.24) is 0 Å². The highest BCUT2D eigenvalue weighted by Gasteiger charge is 2.36. The molecule has 2 unspecified atom stereocenters. The molecule has 1 saturated carbocycles. The van der Waals surface area contributed by atoms with E-state index < -0.39 is 0 Å². The van der Waals surface area contributed by atoms with Gasteiger partial charge in [-0.1, -0.05) is 33.6 Å². The minimum Gasteiger partial charge on any atom is -0.393 e. The molecule has 0 aliphatic heterocycles. The Bertz CT molecular complexity index is 106. The van der Waals surface area contributed by atoms with E-state index in [0.717, 1.165) is 6.42 Å². The van der Waals surface area contributed by atoms with Crippen molar-refractivity contribution in [2.45, 2.75) is 46.1 Å². The largest absolute Gasteiger partial charge is 0.393 e. The van der Waals surface area contributed by atoms with Crippen LogP contribution in [0.2, 0.25) is 0 Å². The predicted molar refractivity (Wildman–Crippen MR) is 42.8 cm³/mol. The third-order valence-electron chi connectivity index (χ3n) is 3.24. The van der Waals surface area contributed by atoms with Gasteiger partial charge in [-0.2, -0.15) is 0 Å². The number of hydrogen-bond donors (Lipinski definition) is 1. The Morgan fingerprint density at radius 2 is 1.90 bits per heavy atom. The molecule has 0 radical (unpaired) electrons. The Labute approximate surface area is 63.4 Å². The van der Waals surface area contributed by atoms with Crippen LogP contribution in [0, 0.1) is 11.3 Å². The normalized spacial score (nSPS) is 39.6. The maximum Gasteiger partial charge on any atom is 0.0593 e. The smallest absolute Gasteiger partial charge is 0.0593 e. The monoisotopic (exact) mass is 142 g/mol. The molecular weight excluding hydrogens is 124 g/mol. The first kappa shape index (κ1) is 8.06. The van der Waals surface area contributed by atoms with Crippen molar-refractivity contribution in [3.8, 4) is 0 Å². The summed E-state index contributed by atoms with van der Waals surface area (Å²) in [5.74, 6) is 0.677. The fourth-order valence-electron chi connectivity index (χ4n) is 1.69. The topological polar surface area (TPSA) is 20.2 Å². The first-order valence-electron chi connectivity index (χ1n) is 4.23. The van der Waals surface area contributed by atoms with E-state index in [1.165, 1.54) is 12.8 Å². The molecule has 1 heteroatoms. The van der Waals surface area contributed by atoms with Crippen molar-refractivity contribution in [3.63, 3.8) is 0 Å². The van der Waals surface area contributed by atoms with Gasteiger partial charge in [0.25, 0.3) is 0 Å². The van der Waals surface area contributed by atoms with Crippen molar-refractivity contribution in [1.29, 1.82) is 0 Å². The van der Waals surface area contributed by atoms with E-state index in [4.69, 9.17) is 0 Å². The molecule has 1 N–H and O–H groups in total. The third-order valence-corrected chi connectivity index (χ3v) is 3.24. The number of hydrogen-bond acceptors (Lipinski definition) is 1. The summed E-state index contributed by atoms with van der Waals surface area (Å²) >= 11 is 0. The standard InChI is InChI=1S/C9H18O/c1-7-5-4-6-8(10)9(7,2)3/h7-8,10H,4-6H2,1-3H3. The van der Waals surface area contributed by atoms with Crippen molar-refractivity contribution in [2.24, 2.45) is 11.3 Å². The van der Waals surface area contributed by atoms with Gasteiger partial charge in [-0.25, -0.2) is 0 Å². The molecule has 1 aliphatic rings. The second-order valence-electron chi connectivity index (χ2n) is 4.17. The van der Waals surface area contributed by atoms with E-state index >= 15 is 0 Å². The molecule has 1 nitrogen and oxygen atoms in total. The number of aliphatic hydroxyl groups excluding tert-OH is 1. The van der Waals surface area contributed by atoms with Crippen LogP contribution in [0.25, 0.3) is 0 Å². The minimum absolute atomic E-state index is 0.0729. The van der Waals surface area contributed by atoms with E-state index in [1.807, 2.05) is 0 Å². The molecule has 0 bridgehead atoms. The maximum absolute atomic E-state index is 9.61. The average Bonchev–Trinajstić information content (AvgIpc) is 1.84. The quantitative estimate of drug-likeness (QED) is 0.549. The van der Waals surface area contributed by atoms with Crippen LogP contribution in [0.3, 0.4) is 0 Å². The second-order valence-corrected chi connectivity index (χ2v) is 4.17. The van der Waals surface area contributed by atoms with Gasteiger partial charge < -0.3 is 5.11 Å². The highest BCUT2D eigenvalue weighted by atomic mass is 16.3. The van der Waals surface area contributed by atoms with Crippen LogP contribution in [-0.2, 0) is 0 Å². The second kappa shape index (κ2) is 2.54. The van der Waals surface area contributed by atoms with Gasteiger partial charge in [0.1, 0.15) is 0 Å². The summed E-state index contributed by atoms with van der Waals surface area (Å²) < 4.78 is 0. The van der Waals surface area contributed by atoms with Crippen LogP contribution in [0.15, 0.2) is 0 Å². The SMILES string of the molecule is CC1CCCC(O)C1(C)C. The van der Waals surface area contributed by atoms with E-state index in [2.05, 4.69) is 20.8 Å². The molecule has 0 aromatic rings. The summed E-state index contributed by atoms with van der Waals surface area (Å²) in [7, 11) is 0. The van der Waals surface area contributed by atoms with Crippen LogP contribution < -0.4 is 0 Å². The van der Waals surface area contributed by atoms with E-state index in [9.17, 15) is 5.11 Å². The number of rotatable bonds is 0. The Hall–Kier alpha value is -0.0400. The molecule has 0 heterocycles. The Morgan fingerprint density at radius 1 is 1.30 bits per heavy atom. The van der Waals surface area contributed by atoms with Crippen LogP contribution in [0.1, 0.15) is 40.0 Å². The van der Waals surface area contributed by atoms with Gasteiger partial charge in [-0.05, 0) is 17.8 Å². The molecule has 0 aromatic heterocycles. The lowest BCUT2D eigenvalue weighted by molar-refractivity contribution is -0.0229. The van der Waals surface area contributed by atoms with Crippen LogP contribution in [0.4, 0.5) is 0 Å². The van der Waals surface area contributed by atoms with E-state index in [-0.39, 0.29) is 11.5 Å². The molecule has 2 atom stereocenters. The van der Waals surface area contributed by atoms with Gasteiger partial charge in [-0.3, -0.25) is 0 Å².